The Labute approximate surface area is 49.5 Å². The summed E-state index contributed by atoms with van der Waals surface area (Å²) in [5.74, 6) is 5.14. The van der Waals surface area contributed by atoms with Crippen molar-refractivity contribution in [2.45, 2.75) is 6.92 Å². The summed E-state index contributed by atoms with van der Waals surface area (Å²) in [4.78, 5) is 0. The Balaban J connectivity index is 3.53. The summed E-state index contributed by atoms with van der Waals surface area (Å²) in [5.41, 5.74) is 0. The van der Waals surface area contributed by atoms with Crippen LogP contribution in [-0.2, 0) is 0 Å². The molecule has 0 aromatic rings. The van der Waals surface area contributed by atoms with Crippen molar-refractivity contribution in [1.82, 2.24) is 0 Å². The number of hydrogen-bond donors (Lipinski definition) is 1. The summed E-state index contributed by atoms with van der Waals surface area (Å²) in [6.45, 7) is 5.83. The maximum atomic E-state index is 10.7. The number of hydrogen-bond acceptors (Lipinski definition) is 2. The van der Waals surface area contributed by atoms with Gasteiger partial charge in [0.05, 0.1) is 6.54 Å². The van der Waals surface area contributed by atoms with Gasteiger partial charge >= 0.3 is 0 Å². The fraction of sp³-hybridized carbons (Fsp3) is 0.600. The molecule has 0 aliphatic carbocycles. The monoisotopic (exact) mass is 116 g/mol. The average molecular weight is 116 g/mol. The van der Waals surface area contributed by atoms with E-state index in [2.05, 4.69) is 6.58 Å². The van der Waals surface area contributed by atoms with Gasteiger partial charge in [-0.2, -0.15) is 5.84 Å². The topological polar surface area (TPSA) is 49.1 Å². The molecule has 0 rings (SSSR count). The van der Waals surface area contributed by atoms with Gasteiger partial charge in [-0.25, -0.2) is 0 Å². The van der Waals surface area contributed by atoms with Crippen LogP contribution in [0.3, 0.4) is 0 Å². The minimum Gasteiger partial charge on any atom is -0.611 e. The largest absolute Gasteiger partial charge is 0.611 e. The predicted molar refractivity (Wildman–Crippen MR) is 33.4 cm³/mol. The minimum atomic E-state index is -0.705. The maximum absolute atomic E-state index is 10.7. The number of rotatable bonds is 3. The first-order valence-corrected chi connectivity index (χ1v) is 2.60. The highest BCUT2D eigenvalue weighted by Gasteiger charge is 2.01. The van der Waals surface area contributed by atoms with Gasteiger partial charge in [0.2, 0.25) is 0 Å². The van der Waals surface area contributed by atoms with Gasteiger partial charge in [0.25, 0.3) is 0 Å². The molecule has 48 valence electrons. The highest BCUT2D eigenvalue weighted by Crippen LogP contribution is 1.90. The number of hydroxylamine groups is 2. The van der Waals surface area contributed by atoms with Crippen LogP contribution in [0.2, 0.25) is 0 Å². The Morgan fingerprint density at radius 1 is 1.88 bits per heavy atom. The van der Waals surface area contributed by atoms with Gasteiger partial charge in [0.1, 0.15) is 6.54 Å². The van der Waals surface area contributed by atoms with Crippen molar-refractivity contribution in [3.05, 3.63) is 17.9 Å². The van der Waals surface area contributed by atoms with Gasteiger partial charge in [-0.3, -0.25) is 4.76 Å². The molecule has 0 aliphatic rings. The smallest absolute Gasteiger partial charge is 0.114 e. The highest BCUT2D eigenvalue weighted by molar-refractivity contribution is 4.64. The summed E-state index contributed by atoms with van der Waals surface area (Å²) >= 11 is 0. The van der Waals surface area contributed by atoms with Gasteiger partial charge in [0.15, 0.2) is 0 Å². The molecule has 0 radical (unpaired) electrons. The zero-order chi connectivity index (χ0) is 6.62. The Hall–Kier alpha value is -0.380. The van der Waals surface area contributed by atoms with E-state index in [1.165, 1.54) is 6.08 Å². The van der Waals surface area contributed by atoms with Crippen LogP contribution in [-0.4, -0.2) is 17.8 Å². The van der Waals surface area contributed by atoms with E-state index >= 15 is 0 Å². The molecule has 0 bridgehead atoms. The number of nitrogens with zero attached hydrogens (tertiary/aromatic N) is 1. The molecule has 0 aromatic heterocycles. The molecule has 1 unspecified atom stereocenters. The Morgan fingerprint density at radius 2 is 2.38 bits per heavy atom. The maximum Gasteiger partial charge on any atom is 0.114 e. The molecule has 0 aromatic carbocycles. The van der Waals surface area contributed by atoms with Crippen LogP contribution in [0.1, 0.15) is 6.92 Å². The minimum absolute atomic E-state index is 0.288. The van der Waals surface area contributed by atoms with Crippen molar-refractivity contribution in [3.8, 4) is 0 Å². The second kappa shape index (κ2) is 2.81. The molecule has 3 heteroatoms. The number of likely N-dealkylation sites (N-methyl/N-ethyl adjacent to an activating group) is 1. The van der Waals surface area contributed by atoms with Gasteiger partial charge in [-0.05, 0) is 13.0 Å². The van der Waals surface area contributed by atoms with Gasteiger partial charge in [-0.1, -0.05) is 6.58 Å². The van der Waals surface area contributed by atoms with Crippen molar-refractivity contribution in [2.75, 3.05) is 13.1 Å². The third kappa shape index (κ3) is 2.74. The van der Waals surface area contributed by atoms with Crippen LogP contribution in [0.4, 0.5) is 0 Å². The van der Waals surface area contributed by atoms with Gasteiger partial charge < -0.3 is 5.21 Å². The fourth-order valence-corrected chi connectivity index (χ4v) is 0.348. The van der Waals surface area contributed by atoms with E-state index in [4.69, 9.17) is 5.84 Å². The fourth-order valence-electron chi connectivity index (χ4n) is 0.348. The zero-order valence-corrected chi connectivity index (χ0v) is 5.13. The van der Waals surface area contributed by atoms with E-state index in [1.807, 2.05) is 0 Å². The molecule has 0 saturated carbocycles. The summed E-state index contributed by atoms with van der Waals surface area (Å²) < 4.78 is -0.705. The van der Waals surface area contributed by atoms with Crippen LogP contribution in [0.5, 0.6) is 0 Å². The quantitative estimate of drug-likeness (QED) is 0.251. The molecule has 2 N–H and O–H groups in total. The second-order valence-electron chi connectivity index (χ2n) is 1.74. The van der Waals surface area contributed by atoms with E-state index < -0.39 is 4.76 Å². The SMILES string of the molecule is C=CC[N+](N)([O-])CC. The molecule has 0 fully saturated rings. The normalized spacial score (nSPS) is 17.4. The Bertz CT molecular complexity index is 80.5. The molecular formula is C5H12N2O. The standard InChI is InChI=1S/C5H12N2O/c1-3-5-7(6,8)4-2/h3H,1,4-6H2,2H3. The van der Waals surface area contributed by atoms with Crippen molar-refractivity contribution in [1.29, 1.82) is 0 Å². The van der Waals surface area contributed by atoms with Crippen molar-refractivity contribution >= 4 is 0 Å². The lowest BCUT2D eigenvalue weighted by Gasteiger charge is -2.33. The third-order valence-corrected chi connectivity index (χ3v) is 0.973. The molecule has 0 heterocycles. The Kier molecular flexibility index (Phi) is 2.68. The van der Waals surface area contributed by atoms with E-state index in [1.54, 1.807) is 6.92 Å². The summed E-state index contributed by atoms with van der Waals surface area (Å²) in [5, 5.41) is 10.7. The van der Waals surface area contributed by atoms with Crippen LogP contribution in [0.25, 0.3) is 0 Å². The lowest BCUT2D eigenvalue weighted by molar-refractivity contribution is -0.885. The van der Waals surface area contributed by atoms with Crippen molar-refractivity contribution in [3.63, 3.8) is 0 Å². The van der Waals surface area contributed by atoms with Crippen molar-refractivity contribution in [2.24, 2.45) is 5.84 Å². The van der Waals surface area contributed by atoms with Gasteiger partial charge in [-0.15, -0.1) is 0 Å². The first-order valence-electron chi connectivity index (χ1n) is 2.60. The highest BCUT2D eigenvalue weighted by atomic mass is 16.6. The second-order valence-corrected chi connectivity index (χ2v) is 1.74. The van der Waals surface area contributed by atoms with Crippen LogP contribution in [0, 0.1) is 5.21 Å². The molecule has 0 amide bonds. The summed E-state index contributed by atoms with van der Waals surface area (Å²) in [6, 6.07) is 0. The molecule has 8 heavy (non-hydrogen) atoms. The lowest BCUT2D eigenvalue weighted by atomic mass is 10.5. The number of quaternary nitrogens is 1. The first-order chi connectivity index (χ1) is 3.62. The number of nitrogens with two attached hydrogens (primary N) is 1. The predicted octanol–water partition coefficient (Wildman–Crippen LogP) is 0.381. The van der Waals surface area contributed by atoms with Crippen LogP contribution in [0.15, 0.2) is 12.7 Å². The zero-order valence-electron chi connectivity index (χ0n) is 5.13. The van der Waals surface area contributed by atoms with Gasteiger partial charge in [0, 0.05) is 0 Å². The lowest BCUT2D eigenvalue weighted by Crippen LogP contribution is -2.48. The van der Waals surface area contributed by atoms with Crippen LogP contribution >= 0.6 is 0 Å². The Morgan fingerprint density at radius 3 is 2.50 bits per heavy atom. The third-order valence-electron chi connectivity index (χ3n) is 0.973. The molecule has 0 aliphatic heterocycles. The molecule has 1 atom stereocenters. The van der Waals surface area contributed by atoms with E-state index in [0.29, 0.717) is 6.54 Å². The van der Waals surface area contributed by atoms with E-state index in [0.717, 1.165) is 0 Å². The summed E-state index contributed by atoms with van der Waals surface area (Å²) in [7, 11) is 0. The average Bonchev–Trinajstić information content (AvgIpc) is 1.67. The first kappa shape index (κ1) is 7.62. The van der Waals surface area contributed by atoms with E-state index in [9.17, 15) is 5.21 Å². The summed E-state index contributed by atoms with van der Waals surface area (Å²) in [6.07, 6.45) is 1.52. The molecule has 0 saturated heterocycles. The van der Waals surface area contributed by atoms with E-state index in [-0.39, 0.29) is 6.54 Å². The molecular weight excluding hydrogens is 104 g/mol. The molecule has 3 nitrogen and oxygen atoms in total. The molecule has 0 spiro atoms. The van der Waals surface area contributed by atoms with Crippen molar-refractivity contribution < 1.29 is 4.76 Å². The van der Waals surface area contributed by atoms with Crippen LogP contribution < -0.4 is 5.84 Å².